The molecule has 1 saturated carbocycles. The molecule has 0 unspecified atom stereocenters. The highest BCUT2D eigenvalue weighted by Crippen LogP contribution is 2.30. The number of amides is 1. The van der Waals surface area contributed by atoms with Crippen molar-refractivity contribution >= 4 is 27.7 Å². The van der Waals surface area contributed by atoms with E-state index in [1.54, 1.807) is 0 Å². The molecule has 0 radical (unpaired) electrons. The standard InChI is InChI=1S/C24H27BrN2O4/c25-20-8-4-17(5-9-20)14-24(23(29)26-15-18-2-3-18)16-31-22(27-24)19-6-10-21(11-7-19)30-13-1-12-28/h4-11,18,28H,1-3,12-16H2,(H,26,29)/t24-/m1/s1. The van der Waals surface area contributed by atoms with Crippen molar-refractivity contribution in [2.45, 2.75) is 31.2 Å². The van der Waals surface area contributed by atoms with Gasteiger partial charge in [0.25, 0.3) is 5.91 Å². The summed E-state index contributed by atoms with van der Waals surface area (Å²) in [5, 5.41) is 12.0. The normalized spacial score (nSPS) is 20.1. The summed E-state index contributed by atoms with van der Waals surface area (Å²) < 4.78 is 12.5. The van der Waals surface area contributed by atoms with Crippen LogP contribution in [0.15, 0.2) is 58.0 Å². The molecule has 2 N–H and O–H groups in total. The summed E-state index contributed by atoms with van der Waals surface area (Å²) in [5.74, 6) is 1.71. The van der Waals surface area contributed by atoms with E-state index in [2.05, 4.69) is 21.2 Å². The van der Waals surface area contributed by atoms with Crippen molar-refractivity contribution < 1.29 is 19.4 Å². The highest BCUT2D eigenvalue weighted by atomic mass is 79.9. The molecule has 1 aliphatic heterocycles. The number of nitrogens with zero attached hydrogens (tertiary/aromatic N) is 1. The summed E-state index contributed by atoms with van der Waals surface area (Å²) in [5.41, 5.74) is 0.863. The third-order valence-electron chi connectivity index (χ3n) is 5.52. The first-order chi connectivity index (χ1) is 15.1. The number of hydrogen-bond acceptors (Lipinski definition) is 5. The molecule has 0 aromatic heterocycles. The molecule has 0 bridgehead atoms. The summed E-state index contributed by atoms with van der Waals surface area (Å²) in [4.78, 5) is 18.0. The van der Waals surface area contributed by atoms with Gasteiger partial charge in [0, 0.05) is 36.0 Å². The molecule has 6 nitrogen and oxygen atoms in total. The zero-order valence-electron chi connectivity index (χ0n) is 17.4. The Balaban J connectivity index is 1.53. The first-order valence-corrected chi connectivity index (χ1v) is 11.5. The molecule has 1 amide bonds. The molecule has 1 aliphatic carbocycles. The maximum atomic E-state index is 13.2. The first kappa shape index (κ1) is 21.8. The van der Waals surface area contributed by atoms with Gasteiger partial charge in [0.2, 0.25) is 5.90 Å². The van der Waals surface area contributed by atoms with E-state index in [1.807, 2.05) is 48.5 Å². The van der Waals surface area contributed by atoms with Crippen LogP contribution in [0.25, 0.3) is 0 Å². The van der Waals surface area contributed by atoms with Crippen molar-refractivity contribution in [3.05, 3.63) is 64.1 Å². The molecule has 1 fully saturated rings. The number of aliphatic hydroxyl groups is 1. The predicted octanol–water partition coefficient (Wildman–Crippen LogP) is 3.49. The molecule has 0 spiro atoms. The Hall–Kier alpha value is -2.38. The fraction of sp³-hybridized carbons (Fsp3) is 0.417. The van der Waals surface area contributed by atoms with E-state index in [1.165, 1.54) is 12.8 Å². The lowest BCUT2D eigenvalue weighted by atomic mass is 9.91. The highest BCUT2D eigenvalue weighted by molar-refractivity contribution is 9.10. The zero-order valence-corrected chi connectivity index (χ0v) is 18.9. The molecule has 4 rings (SSSR count). The van der Waals surface area contributed by atoms with Crippen molar-refractivity contribution in [1.82, 2.24) is 5.32 Å². The predicted molar refractivity (Wildman–Crippen MR) is 122 cm³/mol. The van der Waals surface area contributed by atoms with Crippen LogP contribution in [0.2, 0.25) is 0 Å². The van der Waals surface area contributed by atoms with Crippen molar-refractivity contribution in [2.24, 2.45) is 10.9 Å². The van der Waals surface area contributed by atoms with Gasteiger partial charge < -0.3 is 19.9 Å². The van der Waals surface area contributed by atoms with Gasteiger partial charge in [-0.15, -0.1) is 0 Å². The Labute approximate surface area is 190 Å². The van der Waals surface area contributed by atoms with Crippen LogP contribution in [0.3, 0.4) is 0 Å². The average Bonchev–Trinajstić information content (AvgIpc) is 3.52. The molecule has 2 aliphatic rings. The molecule has 2 aromatic rings. The second kappa shape index (κ2) is 9.83. The molecule has 2 aromatic carbocycles. The number of ether oxygens (including phenoxy) is 2. The van der Waals surface area contributed by atoms with Gasteiger partial charge in [-0.1, -0.05) is 28.1 Å². The van der Waals surface area contributed by atoms with Gasteiger partial charge in [0.15, 0.2) is 5.54 Å². The molecule has 31 heavy (non-hydrogen) atoms. The minimum absolute atomic E-state index is 0.0822. The molecule has 0 saturated heterocycles. The van der Waals surface area contributed by atoms with Crippen LogP contribution >= 0.6 is 15.9 Å². The van der Waals surface area contributed by atoms with Crippen LogP contribution in [0, 0.1) is 5.92 Å². The lowest BCUT2D eigenvalue weighted by molar-refractivity contribution is -0.126. The quantitative estimate of drug-likeness (QED) is 0.503. The van der Waals surface area contributed by atoms with Crippen molar-refractivity contribution in [1.29, 1.82) is 0 Å². The Kier molecular flexibility index (Phi) is 6.92. The first-order valence-electron chi connectivity index (χ1n) is 10.7. The second-order valence-corrected chi connectivity index (χ2v) is 9.06. The SMILES string of the molecule is O=C(NCC1CC1)[C@@]1(Cc2ccc(Br)cc2)COC(c2ccc(OCCCO)cc2)=N1. The summed E-state index contributed by atoms with van der Waals surface area (Å²) in [6.45, 7) is 1.48. The van der Waals surface area contributed by atoms with Gasteiger partial charge in [-0.25, -0.2) is 4.99 Å². The fourth-order valence-electron chi connectivity index (χ4n) is 3.49. The summed E-state index contributed by atoms with van der Waals surface area (Å²) in [6.07, 6.45) is 3.42. The summed E-state index contributed by atoms with van der Waals surface area (Å²) in [6, 6.07) is 15.4. The number of hydrogen-bond donors (Lipinski definition) is 2. The Morgan fingerprint density at radius 3 is 2.61 bits per heavy atom. The lowest BCUT2D eigenvalue weighted by Crippen LogP contribution is -2.49. The van der Waals surface area contributed by atoms with E-state index in [0.29, 0.717) is 37.8 Å². The van der Waals surface area contributed by atoms with Gasteiger partial charge in [0.05, 0.1) is 6.61 Å². The van der Waals surface area contributed by atoms with E-state index in [-0.39, 0.29) is 19.1 Å². The average molecular weight is 487 g/mol. The molecule has 164 valence electrons. The minimum Gasteiger partial charge on any atom is -0.494 e. The topological polar surface area (TPSA) is 80.2 Å². The van der Waals surface area contributed by atoms with Gasteiger partial charge in [-0.2, -0.15) is 0 Å². The van der Waals surface area contributed by atoms with Crippen LogP contribution in [0.5, 0.6) is 5.75 Å². The van der Waals surface area contributed by atoms with Crippen LogP contribution in [0.1, 0.15) is 30.4 Å². The summed E-state index contributed by atoms with van der Waals surface area (Å²) in [7, 11) is 0. The number of aliphatic imine (C=N–C) groups is 1. The third-order valence-corrected chi connectivity index (χ3v) is 6.05. The molecular formula is C24H27BrN2O4. The monoisotopic (exact) mass is 486 g/mol. The maximum absolute atomic E-state index is 13.2. The Bertz CT molecular complexity index is 926. The Morgan fingerprint density at radius 1 is 1.19 bits per heavy atom. The number of nitrogens with one attached hydrogen (secondary N) is 1. The molecule has 1 atom stereocenters. The van der Waals surface area contributed by atoms with Crippen molar-refractivity contribution in [2.75, 3.05) is 26.4 Å². The second-order valence-electron chi connectivity index (χ2n) is 8.14. The third kappa shape index (κ3) is 5.66. The number of halogens is 1. The van der Waals surface area contributed by atoms with Crippen LogP contribution < -0.4 is 10.1 Å². The maximum Gasteiger partial charge on any atom is 0.251 e. The van der Waals surface area contributed by atoms with E-state index >= 15 is 0 Å². The molecule has 1 heterocycles. The fourth-order valence-corrected chi connectivity index (χ4v) is 3.76. The van der Waals surface area contributed by atoms with Crippen molar-refractivity contribution in [3.63, 3.8) is 0 Å². The van der Waals surface area contributed by atoms with Crippen LogP contribution in [0.4, 0.5) is 0 Å². The van der Waals surface area contributed by atoms with Crippen molar-refractivity contribution in [3.8, 4) is 5.75 Å². The number of carbonyl (C=O) groups excluding carboxylic acids is 1. The van der Waals surface area contributed by atoms with E-state index in [0.717, 1.165) is 21.3 Å². The zero-order chi connectivity index (χ0) is 21.7. The number of rotatable bonds is 10. The smallest absolute Gasteiger partial charge is 0.251 e. The summed E-state index contributed by atoms with van der Waals surface area (Å²) >= 11 is 3.46. The van der Waals surface area contributed by atoms with E-state index in [4.69, 9.17) is 19.6 Å². The molecule has 7 heteroatoms. The van der Waals surface area contributed by atoms with E-state index < -0.39 is 5.54 Å². The minimum atomic E-state index is -0.978. The van der Waals surface area contributed by atoms with Gasteiger partial charge in [-0.3, -0.25) is 4.79 Å². The lowest BCUT2D eigenvalue weighted by Gasteiger charge is -2.23. The number of benzene rings is 2. The Morgan fingerprint density at radius 2 is 1.94 bits per heavy atom. The number of aliphatic hydroxyl groups excluding tert-OH is 1. The van der Waals surface area contributed by atoms with Gasteiger partial charge in [-0.05, 0) is 60.7 Å². The van der Waals surface area contributed by atoms with Gasteiger partial charge >= 0.3 is 0 Å². The van der Waals surface area contributed by atoms with Crippen LogP contribution in [-0.2, 0) is 16.0 Å². The van der Waals surface area contributed by atoms with E-state index in [9.17, 15) is 4.79 Å². The highest BCUT2D eigenvalue weighted by Gasteiger charge is 2.44. The largest absolute Gasteiger partial charge is 0.494 e. The van der Waals surface area contributed by atoms with Gasteiger partial charge in [0.1, 0.15) is 12.4 Å². The van der Waals surface area contributed by atoms with Crippen LogP contribution in [-0.4, -0.2) is 48.8 Å². The number of carbonyl (C=O) groups is 1. The molecular weight excluding hydrogens is 460 g/mol.